The van der Waals surface area contributed by atoms with Gasteiger partial charge in [0.1, 0.15) is 23.2 Å². The minimum absolute atomic E-state index is 0.0615. The second-order valence-electron chi connectivity index (χ2n) is 6.34. The van der Waals surface area contributed by atoms with Crippen LogP contribution in [0.3, 0.4) is 0 Å². The number of ether oxygens (including phenoxy) is 2. The summed E-state index contributed by atoms with van der Waals surface area (Å²) in [6.07, 6.45) is 5.65. The SMILES string of the molecule is COc1ccc(C2C(C#N)=C(n3cccc3)OC3=C2C(=O)CCC3)cc1. The maximum Gasteiger partial charge on any atom is 0.218 e. The zero-order valence-corrected chi connectivity index (χ0v) is 14.4. The molecule has 2 aromatic rings. The Balaban J connectivity index is 1.91. The van der Waals surface area contributed by atoms with E-state index >= 15 is 0 Å². The van der Waals surface area contributed by atoms with Gasteiger partial charge in [0.15, 0.2) is 5.78 Å². The molecule has 2 aliphatic rings. The number of allylic oxidation sites excluding steroid dienone is 3. The molecule has 130 valence electrons. The summed E-state index contributed by atoms with van der Waals surface area (Å²) < 4.78 is 13.1. The number of hydrogen-bond donors (Lipinski definition) is 0. The van der Waals surface area contributed by atoms with Crippen LogP contribution >= 0.6 is 0 Å². The number of hydrogen-bond acceptors (Lipinski definition) is 4. The van der Waals surface area contributed by atoms with Crippen molar-refractivity contribution in [3.8, 4) is 11.8 Å². The summed E-state index contributed by atoms with van der Waals surface area (Å²) in [5, 5.41) is 9.91. The van der Waals surface area contributed by atoms with Gasteiger partial charge in [0, 0.05) is 30.8 Å². The molecule has 5 heteroatoms. The van der Waals surface area contributed by atoms with E-state index in [0.717, 1.165) is 17.7 Å². The summed E-state index contributed by atoms with van der Waals surface area (Å²) in [4.78, 5) is 12.7. The molecule has 1 aliphatic carbocycles. The molecule has 2 heterocycles. The summed E-state index contributed by atoms with van der Waals surface area (Å²) in [5.41, 5.74) is 1.95. The van der Waals surface area contributed by atoms with Crippen LogP contribution in [-0.2, 0) is 9.53 Å². The molecule has 1 aromatic carbocycles. The van der Waals surface area contributed by atoms with Crippen LogP contribution < -0.4 is 4.74 Å². The Morgan fingerprint density at radius 3 is 2.58 bits per heavy atom. The van der Waals surface area contributed by atoms with E-state index in [2.05, 4.69) is 6.07 Å². The van der Waals surface area contributed by atoms with E-state index in [4.69, 9.17) is 9.47 Å². The van der Waals surface area contributed by atoms with Crippen LogP contribution in [0.2, 0.25) is 0 Å². The molecule has 1 aliphatic heterocycles. The highest BCUT2D eigenvalue weighted by molar-refractivity contribution is 6.00. The van der Waals surface area contributed by atoms with Crippen LogP contribution in [0.25, 0.3) is 5.88 Å². The molecule has 0 amide bonds. The van der Waals surface area contributed by atoms with Gasteiger partial charge in [-0.1, -0.05) is 12.1 Å². The highest BCUT2D eigenvalue weighted by atomic mass is 16.5. The molecule has 0 fully saturated rings. The fraction of sp³-hybridized carbons (Fsp3) is 0.238. The lowest BCUT2D eigenvalue weighted by Crippen LogP contribution is -2.26. The Labute approximate surface area is 151 Å². The van der Waals surface area contributed by atoms with Crippen LogP contribution in [0.5, 0.6) is 5.75 Å². The van der Waals surface area contributed by atoms with Crippen molar-refractivity contribution < 1.29 is 14.3 Å². The normalized spacial score (nSPS) is 19.7. The summed E-state index contributed by atoms with van der Waals surface area (Å²) in [5.74, 6) is 1.54. The number of nitriles is 1. The average molecular weight is 346 g/mol. The molecule has 0 spiro atoms. The molecule has 0 radical (unpaired) electrons. The molecule has 0 saturated heterocycles. The molecule has 0 N–H and O–H groups in total. The van der Waals surface area contributed by atoms with Gasteiger partial charge in [-0.3, -0.25) is 9.36 Å². The third-order valence-corrected chi connectivity index (χ3v) is 4.84. The van der Waals surface area contributed by atoms with Gasteiger partial charge in [0.25, 0.3) is 0 Å². The lowest BCUT2D eigenvalue weighted by Gasteiger charge is -2.32. The molecular weight excluding hydrogens is 328 g/mol. The third-order valence-electron chi connectivity index (χ3n) is 4.84. The number of carbonyl (C=O) groups is 1. The molecule has 1 atom stereocenters. The molecular formula is C21H18N2O3. The van der Waals surface area contributed by atoms with Gasteiger partial charge >= 0.3 is 0 Å². The minimum Gasteiger partial charge on any atom is -0.497 e. The average Bonchev–Trinajstić information content (AvgIpc) is 3.21. The maximum absolute atomic E-state index is 12.7. The standard InChI is InChI=1S/C21H18N2O3/c1-25-15-9-7-14(8-10-15)19-16(13-22)21(23-11-2-3-12-23)26-18-6-4-5-17(24)20(18)19/h2-3,7-12,19H,4-6H2,1H3. The van der Waals surface area contributed by atoms with Crippen molar-refractivity contribution in [3.05, 3.63) is 71.3 Å². The van der Waals surface area contributed by atoms with Gasteiger partial charge in [-0.2, -0.15) is 5.26 Å². The van der Waals surface area contributed by atoms with Crippen molar-refractivity contribution in [2.24, 2.45) is 0 Å². The number of benzene rings is 1. The quantitative estimate of drug-likeness (QED) is 0.842. The Morgan fingerprint density at radius 1 is 1.19 bits per heavy atom. The highest BCUT2D eigenvalue weighted by Gasteiger charge is 2.39. The number of carbonyl (C=O) groups excluding carboxylic acids is 1. The first-order chi connectivity index (χ1) is 12.7. The molecule has 1 unspecified atom stereocenters. The van der Waals surface area contributed by atoms with Gasteiger partial charge < -0.3 is 9.47 Å². The van der Waals surface area contributed by atoms with Gasteiger partial charge in [-0.05, 0) is 36.2 Å². The number of ketones is 1. The van der Waals surface area contributed by atoms with Crippen LogP contribution in [0.15, 0.2) is 65.7 Å². The highest BCUT2D eigenvalue weighted by Crippen LogP contribution is 2.45. The van der Waals surface area contributed by atoms with Gasteiger partial charge in [0.2, 0.25) is 5.88 Å². The predicted octanol–water partition coefficient (Wildman–Crippen LogP) is 4.01. The number of aromatic nitrogens is 1. The van der Waals surface area contributed by atoms with Crippen molar-refractivity contribution in [1.29, 1.82) is 5.26 Å². The van der Waals surface area contributed by atoms with Gasteiger partial charge in [-0.15, -0.1) is 0 Å². The zero-order valence-electron chi connectivity index (χ0n) is 14.4. The summed E-state index contributed by atoms with van der Waals surface area (Å²) in [6.45, 7) is 0. The third kappa shape index (κ3) is 2.60. The maximum atomic E-state index is 12.7. The second-order valence-corrected chi connectivity index (χ2v) is 6.34. The van der Waals surface area contributed by atoms with Crippen LogP contribution in [0, 0.1) is 11.3 Å². The van der Waals surface area contributed by atoms with Crippen LogP contribution in [0.1, 0.15) is 30.7 Å². The van der Waals surface area contributed by atoms with E-state index in [0.29, 0.717) is 35.6 Å². The second kappa shape index (κ2) is 6.57. The first-order valence-corrected chi connectivity index (χ1v) is 8.58. The van der Waals surface area contributed by atoms with E-state index in [-0.39, 0.29) is 5.78 Å². The van der Waals surface area contributed by atoms with E-state index in [1.165, 1.54) is 0 Å². The lowest BCUT2D eigenvalue weighted by atomic mass is 9.77. The topological polar surface area (TPSA) is 64.2 Å². The monoisotopic (exact) mass is 346 g/mol. The van der Waals surface area contributed by atoms with Crippen molar-refractivity contribution in [3.63, 3.8) is 0 Å². The van der Waals surface area contributed by atoms with Crippen molar-refractivity contribution in [2.45, 2.75) is 25.2 Å². The van der Waals surface area contributed by atoms with E-state index in [9.17, 15) is 10.1 Å². The minimum atomic E-state index is -0.417. The Bertz CT molecular complexity index is 944. The van der Waals surface area contributed by atoms with Gasteiger partial charge in [-0.25, -0.2) is 0 Å². The first-order valence-electron chi connectivity index (χ1n) is 8.58. The predicted molar refractivity (Wildman–Crippen MR) is 96.0 cm³/mol. The molecule has 26 heavy (non-hydrogen) atoms. The molecule has 0 saturated carbocycles. The van der Waals surface area contributed by atoms with Gasteiger partial charge in [0.05, 0.1) is 13.0 Å². The van der Waals surface area contributed by atoms with Crippen LogP contribution in [0.4, 0.5) is 0 Å². The Hall–Kier alpha value is -3.26. The van der Waals surface area contributed by atoms with Crippen LogP contribution in [-0.4, -0.2) is 17.5 Å². The smallest absolute Gasteiger partial charge is 0.218 e. The van der Waals surface area contributed by atoms with Crippen molar-refractivity contribution in [2.75, 3.05) is 7.11 Å². The summed E-state index contributed by atoms with van der Waals surface area (Å²) in [7, 11) is 1.61. The van der Waals surface area contributed by atoms with Crippen molar-refractivity contribution >= 4 is 11.7 Å². The number of Topliss-reactive ketones (excluding diaryl/α,β-unsaturated/α-hetero) is 1. The first kappa shape index (κ1) is 16.2. The molecule has 1 aromatic heterocycles. The molecule has 4 rings (SSSR count). The van der Waals surface area contributed by atoms with E-state index in [1.54, 1.807) is 11.7 Å². The van der Waals surface area contributed by atoms with E-state index in [1.807, 2.05) is 48.8 Å². The largest absolute Gasteiger partial charge is 0.497 e. The number of rotatable bonds is 3. The zero-order chi connectivity index (χ0) is 18.1. The number of methoxy groups -OCH3 is 1. The Morgan fingerprint density at radius 2 is 1.92 bits per heavy atom. The Kier molecular flexibility index (Phi) is 4.10. The number of nitrogens with zero attached hydrogens (tertiary/aromatic N) is 2. The summed E-state index contributed by atoms with van der Waals surface area (Å²) in [6, 6.07) is 13.6. The molecule has 0 bridgehead atoms. The summed E-state index contributed by atoms with van der Waals surface area (Å²) >= 11 is 0. The fourth-order valence-corrected chi connectivity index (χ4v) is 3.61. The lowest BCUT2D eigenvalue weighted by molar-refractivity contribution is -0.116. The fourth-order valence-electron chi connectivity index (χ4n) is 3.61. The van der Waals surface area contributed by atoms with Crippen molar-refractivity contribution in [1.82, 2.24) is 4.57 Å². The van der Waals surface area contributed by atoms with E-state index < -0.39 is 5.92 Å². The molecule has 5 nitrogen and oxygen atoms in total.